The second-order valence-corrected chi connectivity index (χ2v) is 6.27. The first-order chi connectivity index (χ1) is 11.2. The summed E-state index contributed by atoms with van der Waals surface area (Å²) in [6, 6.07) is 3.28. The van der Waals surface area contributed by atoms with E-state index in [0.717, 1.165) is 19.3 Å². The predicted octanol–water partition coefficient (Wildman–Crippen LogP) is 2.44. The molecule has 1 amide bonds. The third-order valence-corrected chi connectivity index (χ3v) is 4.73. The molecule has 3 heterocycles. The average molecular weight is 340 g/mol. The van der Waals surface area contributed by atoms with Gasteiger partial charge in [-0.3, -0.25) is 4.79 Å². The molecule has 0 N–H and O–H groups in total. The molecule has 7 heteroatoms. The van der Waals surface area contributed by atoms with Crippen LogP contribution in [0.25, 0.3) is 0 Å². The summed E-state index contributed by atoms with van der Waals surface area (Å²) in [7, 11) is 0. The molecule has 0 unspecified atom stereocenters. The molecule has 0 saturated carbocycles. The Kier molecular flexibility index (Phi) is 4.05. The summed E-state index contributed by atoms with van der Waals surface area (Å²) in [4.78, 5) is 14.8. The SMILES string of the molecule is O=C(c1cc(Cl)c2c(c1)OCO2)N1CCCC[C@@H]1C1OCCO1. The second-order valence-electron chi connectivity index (χ2n) is 5.86. The maximum Gasteiger partial charge on any atom is 0.254 e. The van der Waals surface area contributed by atoms with E-state index >= 15 is 0 Å². The summed E-state index contributed by atoms with van der Waals surface area (Å²) >= 11 is 6.20. The van der Waals surface area contributed by atoms with E-state index in [4.69, 9.17) is 30.5 Å². The highest BCUT2D eigenvalue weighted by Gasteiger charge is 2.37. The lowest BCUT2D eigenvalue weighted by Crippen LogP contribution is -2.50. The molecular weight excluding hydrogens is 322 g/mol. The van der Waals surface area contributed by atoms with Crippen molar-refractivity contribution in [3.05, 3.63) is 22.7 Å². The fraction of sp³-hybridized carbons (Fsp3) is 0.562. The van der Waals surface area contributed by atoms with Crippen LogP contribution in [0.4, 0.5) is 0 Å². The average Bonchev–Trinajstić information content (AvgIpc) is 3.25. The quantitative estimate of drug-likeness (QED) is 0.828. The molecule has 1 aromatic carbocycles. The molecule has 6 nitrogen and oxygen atoms in total. The number of hydrogen-bond acceptors (Lipinski definition) is 5. The van der Waals surface area contributed by atoms with Crippen LogP contribution in [0.2, 0.25) is 5.02 Å². The first-order valence-electron chi connectivity index (χ1n) is 7.87. The Morgan fingerprint density at radius 2 is 2.00 bits per heavy atom. The van der Waals surface area contributed by atoms with Crippen LogP contribution in [-0.4, -0.2) is 49.7 Å². The number of hydrogen-bond donors (Lipinski definition) is 0. The van der Waals surface area contributed by atoms with Crippen LogP contribution in [0.3, 0.4) is 0 Å². The molecule has 0 bridgehead atoms. The number of halogens is 1. The monoisotopic (exact) mass is 339 g/mol. The Balaban J connectivity index is 1.60. The summed E-state index contributed by atoms with van der Waals surface area (Å²) in [5.41, 5.74) is 0.504. The Hall–Kier alpha value is -1.50. The molecular formula is C16H18ClNO5. The number of nitrogens with zero attached hydrogens (tertiary/aromatic N) is 1. The maximum atomic E-state index is 13.0. The number of piperidine rings is 1. The van der Waals surface area contributed by atoms with E-state index < -0.39 is 0 Å². The summed E-state index contributed by atoms with van der Waals surface area (Å²) in [6.45, 7) is 1.99. The van der Waals surface area contributed by atoms with Crippen molar-refractivity contribution < 1.29 is 23.7 Å². The largest absolute Gasteiger partial charge is 0.454 e. The molecule has 1 aromatic rings. The van der Waals surface area contributed by atoms with Crippen LogP contribution < -0.4 is 9.47 Å². The Bertz CT molecular complexity index is 617. The summed E-state index contributed by atoms with van der Waals surface area (Å²) < 4.78 is 21.9. The highest BCUT2D eigenvalue weighted by Crippen LogP contribution is 2.40. The number of carbonyl (C=O) groups excluding carboxylic acids is 1. The van der Waals surface area contributed by atoms with Crippen LogP contribution >= 0.6 is 11.6 Å². The van der Waals surface area contributed by atoms with Crippen molar-refractivity contribution in [1.82, 2.24) is 4.90 Å². The molecule has 1 atom stereocenters. The molecule has 3 aliphatic heterocycles. The van der Waals surface area contributed by atoms with E-state index in [1.54, 1.807) is 12.1 Å². The van der Waals surface area contributed by atoms with Crippen molar-refractivity contribution in [2.45, 2.75) is 31.6 Å². The van der Waals surface area contributed by atoms with Gasteiger partial charge in [-0.15, -0.1) is 0 Å². The highest BCUT2D eigenvalue weighted by molar-refractivity contribution is 6.32. The normalized spacial score (nSPS) is 24.2. The van der Waals surface area contributed by atoms with E-state index in [1.165, 1.54) is 0 Å². The minimum atomic E-state index is -0.330. The van der Waals surface area contributed by atoms with E-state index in [-0.39, 0.29) is 25.0 Å². The fourth-order valence-electron chi connectivity index (χ4n) is 3.35. The maximum absolute atomic E-state index is 13.0. The van der Waals surface area contributed by atoms with Crippen LogP contribution in [-0.2, 0) is 9.47 Å². The molecule has 0 aliphatic carbocycles. The molecule has 3 aliphatic rings. The van der Waals surface area contributed by atoms with Crippen molar-refractivity contribution in [1.29, 1.82) is 0 Å². The van der Waals surface area contributed by atoms with Gasteiger partial charge < -0.3 is 23.8 Å². The molecule has 0 spiro atoms. The molecule has 4 rings (SSSR count). The first-order valence-corrected chi connectivity index (χ1v) is 8.25. The van der Waals surface area contributed by atoms with Gasteiger partial charge in [0.25, 0.3) is 5.91 Å². The lowest BCUT2D eigenvalue weighted by molar-refractivity contribution is -0.100. The van der Waals surface area contributed by atoms with Gasteiger partial charge in [0.2, 0.25) is 6.79 Å². The molecule has 23 heavy (non-hydrogen) atoms. The first kappa shape index (κ1) is 15.1. The summed E-state index contributed by atoms with van der Waals surface area (Å²) in [5.74, 6) is 0.942. The molecule has 0 aromatic heterocycles. The Morgan fingerprint density at radius 1 is 1.17 bits per heavy atom. The van der Waals surface area contributed by atoms with Crippen molar-refractivity contribution in [3.63, 3.8) is 0 Å². The summed E-state index contributed by atoms with van der Waals surface area (Å²) in [5, 5.41) is 0.394. The zero-order chi connectivity index (χ0) is 15.8. The predicted molar refractivity (Wildman–Crippen MR) is 81.9 cm³/mol. The van der Waals surface area contributed by atoms with Gasteiger partial charge in [0.05, 0.1) is 24.3 Å². The third-order valence-electron chi connectivity index (χ3n) is 4.45. The number of likely N-dealkylation sites (tertiary alicyclic amines) is 1. The summed E-state index contributed by atoms with van der Waals surface area (Å²) in [6.07, 6.45) is 2.60. The zero-order valence-corrected chi connectivity index (χ0v) is 13.4. The van der Waals surface area contributed by atoms with Gasteiger partial charge in [-0.2, -0.15) is 0 Å². The number of benzene rings is 1. The van der Waals surface area contributed by atoms with E-state index in [2.05, 4.69) is 0 Å². The van der Waals surface area contributed by atoms with Crippen molar-refractivity contribution in [3.8, 4) is 11.5 Å². The smallest absolute Gasteiger partial charge is 0.254 e. The highest BCUT2D eigenvalue weighted by atomic mass is 35.5. The number of ether oxygens (including phenoxy) is 4. The van der Waals surface area contributed by atoms with E-state index in [9.17, 15) is 4.79 Å². The Morgan fingerprint density at radius 3 is 2.83 bits per heavy atom. The standard InChI is InChI=1S/C16H18ClNO5/c17-11-7-10(8-13-14(11)23-9-22-13)15(19)18-4-2-1-3-12(18)16-20-5-6-21-16/h7-8,12,16H,1-6,9H2/t12-/m1/s1. The van der Waals surface area contributed by atoms with Crippen molar-refractivity contribution in [2.24, 2.45) is 0 Å². The van der Waals surface area contributed by atoms with Crippen LogP contribution in [0.1, 0.15) is 29.6 Å². The lowest BCUT2D eigenvalue weighted by atomic mass is 10.00. The minimum absolute atomic E-state index is 0.0528. The van der Waals surface area contributed by atoms with Gasteiger partial charge in [0.15, 0.2) is 17.8 Å². The van der Waals surface area contributed by atoms with Gasteiger partial charge >= 0.3 is 0 Å². The van der Waals surface area contributed by atoms with Crippen LogP contribution in [0.15, 0.2) is 12.1 Å². The lowest BCUT2D eigenvalue weighted by Gasteiger charge is -2.38. The molecule has 124 valence electrons. The third kappa shape index (κ3) is 2.75. The topological polar surface area (TPSA) is 57.2 Å². The van der Waals surface area contributed by atoms with E-state index in [0.29, 0.717) is 41.8 Å². The van der Waals surface area contributed by atoms with Crippen LogP contribution in [0, 0.1) is 0 Å². The van der Waals surface area contributed by atoms with E-state index in [1.807, 2.05) is 4.90 Å². The minimum Gasteiger partial charge on any atom is -0.454 e. The van der Waals surface area contributed by atoms with Crippen LogP contribution in [0.5, 0.6) is 11.5 Å². The number of rotatable bonds is 2. The fourth-order valence-corrected chi connectivity index (χ4v) is 3.61. The van der Waals surface area contributed by atoms with Gasteiger partial charge in [-0.1, -0.05) is 11.6 Å². The number of carbonyl (C=O) groups is 1. The zero-order valence-electron chi connectivity index (χ0n) is 12.6. The Labute approximate surface area is 139 Å². The second kappa shape index (κ2) is 6.19. The van der Waals surface area contributed by atoms with Crippen molar-refractivity contribution in [2.75, 3.05) is 26.6 Å². The number of fused-ring (bicyclic) bond motifs is 1. The van der Waals surface area contributed by atoms with Gasteiger partial charge in [0, 0.05) is 12.1 Å². The molecule has 2 saturated heterocycles. The molecule has 2 fully saturated rings. The molecule has 0 radical (unpaired) electrons. The van der Waals surface area contributed by atoms with Crippen molar-refractivity contribution >= 4 is 17.5 Å². The van der Waals surface area contributed by atoms with Gasteiger partial charge in [-0.05, 0) is 31.4 Å². The number of amides is 1. The van der Waals surface area contributed by atoms with Gasteiger partial charge in [0.1, 0.15) is 0 Å². The van der Waals surface area contributed by atoms with Gasteiger partial charge in [-0.25, -0.2) is 0 Å².